The number of ether oxygens (including phenoxy) is 1. The van der Waals surface area contributed by atoms with E-state index in [1.54, 1.807) is 0 Å². The van der Waals surface area contributed by atoms with Gasteiger partial charge in [0.05, 0.1) is 6.61 Å². The molecule has 1 aliphatic rings. The maximum Gasteiger partial charge on any atom is 0.123 e. The van der Waals surface area contributed by atoms with Crippen LogP contribution in [0.1, 0.15) is 51.8 Å². The van der Waals surface area contributed by atoms with Crippen LogP contribution in [0.15, 0.2) is 18.2 Å². The summed E-state index contributed by atoms with van der Waals surface area (Å²) in [7, 11) is 2.03. The lowest BCUT2D eigenvalue weighted by Crippen LogP contribution is -2.30. The Kier molecular flexibility index (Phi) is 3.18. The average molecular weight is 247 g/mol. The second-order valence-corrected chi connectivity index (χ2v) is 7.02. The van der Waals surface area contributed by atoms with E-state index in [1.165, 1.54) is 11.1 Å². The highest BCUT2D eigenvalue weighted by molar-refractivity contribution is 5.46. The molecule has 1 unspecified atom stereocenters. The van der Waals surface area contributed by atoms with Crippen LogP contribution < -0.4 is 10.1 Å². The van der Waals surface area contributed by atoms with Crippen molar-refractivity contribution in [1.82, 2.24) is 5.32 Å². The van der Waals surface area contributed by atoms with Crippen molar-refractivity contribution in [3.05, 3.63) is 29.3 Å². The van der Waals surface area contributed by atoms with Crippen molar-refractivity contribution in [3.63, 3.8) is 0 Å². The first-order valence-electron chi connectivity index (χ1n) is 6.70. The van der Waals surface area contributed by atoms with E-state index in [2.05, 4.69) is 58.1 Å². The molecule has 0 radical (unpaired) electrons. The summed E-state index contributed by atoms with van der Waals surface area (Å²) in [4.78, 5) is 0. The zero-order valence-electron chi connectivity index (χ0n) is 12.4. The highest BCUT2D eigenvalue weighted by Gasteiger charge is 2.33. The van der Waals surface area contributed by atoms with Gasteiger partial charge in [-0.05, 0) is 30.2 Å². The van der Waals surface area contributed by atoms with Gasteiger partial charge in [0.1, 0.15) is 5.75 Å². The molecule has 1 aromatic carbocycles. The van der Waals surface area contributed by atoms with Crippen molar-refractivity contribution in [3.8, 4) is 5.75 Å². The van der Waals surface area contributed by atoms with Gasteiger partial charge >= 0.3 is 0 Å². The van der Waals surface area contributed by atoms with Crippen molar-refractivity contribution < 1.29 is 4.74 Å². The topological polar surface area (TPSA) is 21.3 Å². The van der Waals surface area contributed by atoms with Gasteiger partial charge in [-0.2, -0.15) is 0 Å². The molecule has 2 heteroatoms. The SMILES string of the molecule is CNC(c1ccc2c(c1)C(C)(C)CO2)C(C)(C)C. The van der Waals surface area contributed by atoms with Crippen LogP contribution in [0.4, 0.5) is 0 Å². The van der Waals surface area contributed by atoms with E-state index in [1.807, 2.05) is 7.05 Å². The van der Waals surface area contributed by atoms with Gasteiger partial charge in [-0.15, -0.1) is 0 Å². The molecule has 2 nitrogen and oxygen atoms in total. The fourth-order valence-electron chi connectivity index (χ4n) is 2.82. The van der Waals surface area contributed by atoms with Crippen LogP contribution in [0.25, 0.3) is 0 Å². The normalized spacial score (nSPS) is 19.2. The summed E-state index contributed by atoms with van der Waals surface area (Å²) in [6.07, 6.45) is 0. The summed E-state index contributed by atoms with van der Waals surface area (Å²) < 4.78 is 5.75. The first-order chi connectivity index (χ1) is 8.25. The number of nitrogens with one attached hydrogen (secondary N) is 1. The molecule has 0 aromatic heterocycles. The number of hydrogen-bond acceptors (Lipinski definition) is 2. The summed E-state index contributed by atoms with van der Waals surface area (Å²) >= 11 is 0. The number of hydrogen-bond donors (Lipinski definition) is 1. The number of rotatable bonds is 2. The number of benzene rings is 1. The zero-order valence-corrected chi connectivity index (χ0v) is 12.4. The van der Waals surface area contributed by atoms with Crippen molar-refractivity contribution in [2.75, 3.05) is 13.7 Å². The molecular weight excluding hydrogens is 222 g/mol. The minimum Gasteiger partial charge on any atom is -0.492 e. The largest absolute Gasteiger partial charge is 0.492 e. The Morgan fingerprint density at radius 1 is 1.28 bits per heavy atom. The third-order valence-corrected chi connectivity index (χ3v) is 3.81. The lowest BCUT2D eigenvalue weighted by Gasteiger charge is -2.31. The van der Waals surface area contributed by atoms with E-state index in [9.17, 15) is 0 Å². The standard InChI is InChI=1S/C16H25NO/c1-15(2,3)14(17-6)11-7-8-13-12(9-11)16(4,5)10-18-13/h7-9,14,17H,10H2,1-6H3. The fourth-order valence-corrected chi connectivity index (χ4v) is 2.82. The Morgan fingerprint density at radius 3 is 2.50 bits per heavy atom. The molecule has 0 bridgehead atoms. The lowest BCUT2D eigenvalue weighted by molar-refractivity contribution is 0.286. The van der Waals surface area contributed by atoms with E-state index in [0.29, 0.717) is 6.04 Å². The van der Waals surface area contributed by atoms with E-state index < -0.39 is 0 Å². The average Bonchev–Trinajstić information content (AvgIpc) is 2.54. The van der Waals surface area contributed by atoms with Gasteiger partial charge in [0.25, 0.3) is 0 Å². The Balaban J connectivity index is 2.43. The highest BCUT2D eigenvalue weighted by atomic mass is 16.5. The molecule has 0 amide bonds. The summed E-state index contributed by atoms with van der Waals surface area (Å²) in [5.41, 5.74) is 3.01. The van der Waals surface area contributed by atoms with E-state index in [0.717, 1.165) is 12.4 Å². The van der Waals surface area contributed by atoms with Crippen molar-refractivity contribution in [1.29, 1.82) is 0 Å². The molecule has 1 heterocycles. The van der Waals surface area contributed by atoms with Gasteiger partial charge in [0, 0.05) is 17.0 Å². The smallest absolute Gasteiger partial charge is 0.123 e. The Hall–Kier alpha value is -1.02. The molecule has 18 heavy (non-hydrogen) atoms. The highest BCUT2D eigenvalue weighted by Crippen LogP contribution is 2.41. The van der Waals surface area contributed by atoms with Gasteiger partial charge in [-0.1, -0.05) is 40.7 Å². The molecule has 0 saturated heterocycles. The van der Waals surface area contributed by atoms with Crippen LogP contribution in [0.2, 0.25) is 0 Å². The van der Waals surface area contributed by atoms with Crippen LogP contribution >= 0.6 is 0 Å². The predicted octanol–water partition coefficient (Wildman–Crippen LogP) is 3.66. The fraction of sp³-hybridized carbons (Fsp3) is 0.625. The van der Waals surface area contributed by atoms with Crippen LogP contribution in [0.3, 0.4) is 0 Å². The summed E-state index contributed by atoms with van der Waals surface area (Å²) in [5, 5.41) is 3.44. The molecule has 0 aliphatic carbocycles. The first-order valence-corrected chi connectivity index (χ1v) is 6.70. The molecule has 100 valence electrons. The third kappa shape index (κ3) is 2.26. The third-order valence-electron chi connectivity index (χ3n) is 3.81. The van der Waals surface area contributed by atoms with E-state index >= 15 is 0 Å². The molecule has 1 N–H and O–H groups in total. The summed E-state index contributed by atoms with van der Waals surface area (Å²) in [6, 6.07) is 6.98. The van der Waals surface area contributed by atoms with Crippen LogP contribution in [-0.2, 0) is 5.41 Å². The van der Waals surface area contributed by atoms with Crippen molar-refractivity contribution >= 4 is 0 Å². The number of fused-ring (bicyclic) bond motifs is 1. The molecule has 1 aromatic rings. The maximum absolute atomic E-state index is 5.75. The molecular formula is C16H25NO. The van der Waals surface area contributed by atoms with Crippen molar-refractivity contribution in [2.24, 2.45) is 5.41 Å². The zero-order chi connectivity index (χ0) is 13.6. The van der Waals surface area contributed by atoms with Gasteiger partial charge in [0.15, 0.2) is 0 Å². The predicted molar refractivity (Wildman–Crippen MR) is 76.2 cm³/mol. The molecule has 0 saturated carbocycles. The van der Waals surface area contributed by atoms with E-state index in [-0.39, 0.29) is 10.8 Å². The van der Waals surface area contributed by atoms with Crippen molar-refractivity contribution in [2.45, 2.75) is 46.1 Å². The minimum absolute atomic E-state index is 0.127. The molecule has 2 rings (SSSR count). The summed E-state index contributed by atoms with van der Waals surface area (Å²) in [5.74, 6) is 1.05. The van der Waals surface area contributed by atoms with Gasteiger partial charge in [-0.25, -0.2) is 0 Å². The Morgan fingerprint density at radius 2 is 1.94 bits per heavy atom. The second kappa shape index (κ2) is 4.27. The quantitative estimate of drug-likeness (QED) is 0.861. The molecule has 0 fully saturated rings. The minimum atomic E-state index is 0.127. The monoisotopic (exact) mass is 247 g/mol. The van der Waals surface area contributed by atoms with Crippen LogP contribution in [0.5, 0.6) is 5.75 Å². The second-order valence-electron chi connectivity index (χ2n) is 7.02. The van der Waals surface area contributed by atoms with Gasteiger partial charge < -0.3 is 10.1 Å². The molecule has 1 atom stereocenters. The van der Waals surface area contributed by atoms with Gasteiger partial charge in [-0.3, -0.25) is 0 Å². The maximum atomic E-state index is 5.75. The van der Waals surface area contributed by atoms with Gasteiger partial charge in [0.2, 0.25) is 0 Å². The first kappa shape index (κ1) is 13.4. The molecule has 1 aliphatic heterocycles. The Labute approximate surface area is 111 Å². The van der Waals surface area contributed by atoms with Crippen LogP contribution in [0, 0.1) is 5.41 Å². The summed E-state index contributed by atoms with van der Waals surface area (Å²) in [6.45, 7) is 12.1. The van der Waals surface area contributed by atoms with Crippen LogP contribution in [-0.4, -0.2) is 13.7 Å². The van der Waals surface area contributed by atoms with E-state index in [4.69, 9.17) is 4.74 Å². The molecule has 0 spiro atoms. The Bertz CT molecular complexity index is 443. The lowest BCUT2D eigenvalue weighted by atomic mass is 9.79.